The fraction of sp³-hybridized carbons (Fsp3) is 0.333. The van der Waals surface area contributed by atoms with Gasteiger partial charge in [-0.15, -0.1) is 11.3 Å². The summed E-state index contributed by atoms with van der Waals surface area (Å²) in [5, 5.41) is 5.56. The number of thiophene rings is 1. The predicted molar refractivity (Wildman–Crippen MR) is 76.8 cm³/mol. The van der Waals surface area contributed by atoms with E-state index in [0.29, 0.717) is 0 Å². The van der Waals surface area contributed by atoms with Gasteiger partial charge < -0.3 is 10.1 Å². The molecule has 1 aromatic heterocycles. The molecule has 18 heavy (non-hydrogen) atoms. The average molecular weight is 259 g/mol. The summed E-state index contributed by atoms with van der Waals surface area (Å²) in [7, 11) is 0. The van der Waals surface area contributed by atoms with E-state index >= 15 is 0 Å². The molecule has 94 valence electrons. The number of hydrogen-bond acceptors (Lipinski definition) is 3. The van der Waals surface area contributed by atoms with E-state index in [-0.39, 0.29) is 0 Å². The third-order valence-corrected chi connectivity index (χ3v) is 4.16. The SMILES string of the molecule is c1csc(CCOc2cccc3c2NCCC3)c1. The minimum absolute atomic E-state index is 0.749. The zero-order valence-electron chi connectivity index (χ0n) is 10.3. The van der Waals surface area contributed by atoms with Gasteiger partial charge in [0, 0.05) is 17.8 Å². The highest BCUT2D eigenvalue weighted by Gasteiger charge is 2.12. The van der Waals surface area contributed by atoms with Crippen molar-refractivity contribution in [2.45, 2.75) is 19.3 Å². The van der Waals surface area contributed by atoms with Gasteiger partial charge in [-0.25, -0.2) is 0 Å². The van der Waals surface area contributed by atoms with Crippen molar-refractivity contribution in [3.05, 3.63) is 46.2 Å². The molecular weight excluding hydrogens is 242 g/mol. The summed E-state index contributed by atoms with van der Waals surface area (Å²) < 4.78 is 5.92. The topological polar surface area (TPSA) is 21.3 Å². The lowest BCUT2D eigenvalue weighted by Gasteiger charge is -2.21. The van der Waals surface area contributed by atoms with Crippen LogP contribution in [-0.4, -0.2) is 13.2 Å². The van der Waals surface area contributed by atoms with Gasteiger partial charge in [0.1, 0.15) is 5.75 Å². The summed E-state index contributed by atoms with van der Waals surface area (Å²) in [4.78, 5) is 1.38. The molecule has 1 aliphatic rings. The Kier molecular flexibility index (Phi) is 3.51. The van der Waals surface area contributed by atoms with E-state index in [0.717, 1.165) is 31.7 Å². The molecular formula is C15H17NOS. The minimum atomic E-state index is 0.749. The molecule has 0 radical (unpaired) electrons. The van der Waals surface area contributed by atoms with Crippen molar-refractivity contribution < 1.29 is 4.74 Å². The monoisotopic (exact) mass is 259 g/mol. The maximum Gasteiger partial charge on any atom is 0.142 e. The molecule has 1 aliphatic heterocycles. The minimum Gasteiger partial charge on any atom is -0.491 e. The molecule has 0 amide bonds. The van der Waals surface area contributed by atoms with Crippen molar-refractivity contribution in [2.75, 3.05) is 18.5 Å². The summed E-state index contributed by atoms with van der Waals surface area (Å²) >= 11 is 1.79. The Labute approximate surface area is 112 Å². The zero-order valence-corrected chi connectivity index (χ0v) is 11.1. The Morgan fingerprint density at radius 1 is 1.22 bits per heavy atom. The highest BCUT2D eigenvalue weighted by Crippen LogP contribution is 2.32. The van der Waals surface area contributed by atoms with Crippen LogP contribution in [0, 0.1) is 0 Å². The lowest BCUT2D eigenvalue weighted by molar-refractivity contribution is 0.324. The number of fused-ring (bicyclic) bond motifs is 1. The quantitative estimate of drug-likeness (QED) is 0.903. The van der Waals surface area contributed by atoms with E-state index in [1.54, 1.807) is 11.3 Å². The van der Waals surface area contributed by atoms with Crippen molar-refractivity contribution in [3.63, 3.8) is 0 Å². The van der Waals surface area contributed by atoms with Gasteiger partial charge >= 0.3 is 0 Å². The molecule has 0 saturated heterocycles. The standard InChI is InChI=1S/C15H17NOS/c1-4-12-5-2-9-16-15(12)14(7-1)17-10-8-13-6-3-11-18-13/h1,3-4,6-7,11,16H,2,5,8-10H2. The van der Waals surface area contributed by atoms with Crippen LogP contribution in [0.4, 0.5) is 5.69 Å². The molecule has 3 heteroatoms. The Bertz CT molecular complexity index is 507. The Balaban J connectivity index is 1.65. The van der Waals surface area contributed by atoms with Crippen molar-refractivity contribution in [1.82, 2.24) is 0 Å². The fourth-order valence-corrected chi connectivity index (χ4v) is 3.00. The van der Waals surface area contributed by atoms with Crippen molar-refractivity contribution in [2.24, 2.45) is 0 Å². The summed E-state index contributed by atoms with van der Waals surface area (Å²) in [6.45, 7) is 1.80. The van der Waals surface area contributed by atoms with Crippen LogP contribution in [-0.2, 0) is 12.8 Å². The molecule has 2 aromatic rings. The van der Waals surface area contributed by atoms with Gasteiger partial charge in [0.2, 0.25) is 0 Å². The lowest BCUT2D eigenvalue weighted by Crippen LogP contribution is -2.13. The molecule has 1 aromatic carbocycles. The van der Waals surface area contributed by atoms with E-state index < -0.39 is 0 Å². The number of para-hydroxylation sites is 1. The molecule has 2 heterocycles. The van der Waals surface area contributed by atoms with Gasteiger partial charge in [0.05, 0.1) is 12.3 Å². The van der Waals surface area contributed by atoms with Crippen LogP contribution in [0.3, 0.4) is 0 Å². The molecule has 2 nitrogen and oxygen atoms in total. The second kappa shape index (κ2) is 5.44. The van der Waals surface area contributed by atoms with Crippen molar-refractivity contribution in [1.29, 1.82) is 0 Å². The Morgan fingerprint density at radius 2 is 2.22 bits per heavy atom. The van der Waals surface area contributed by atoms with E-state index in [1.807, 2.05) is 0 Å². The van der Waals surface area contributed by atoms with Gasteiger partial charge in [-0.2, -0.15) is 0 Å². The maximum absolute atomic E-state index is 5.92. The number of hydrogen-bond donors (Lipinski definition) is 1. The van der Waals surface area contributed by atoms with Crippen LogP contribution < -0.4 is 10.1 Å². The van der Waals surface area contributed by atoms with E-state index in [9.17, 15) is 0 Å². The molecule has 0 spiro atoms. The summed E-state index contributed by atoms with van der Waals surface area (Å²) in [6, 6.07) is 10.6. The van der Waals surface area contributed by atoms with Crippen LogP contribution in [0.1, 0.15) is 16.9 Å². The van der Waals surface area contributed by atoms with Gasteiger partial charge in [-0.05, 0) is 35.9 Å². The second-order valence-corrected chi connectivity index (χ2v) is 5.53. The number of nitrogens with one attached hydrogen (secondary N) is 1. The second-order valence-electron chi connectivity index (χ2n) is 4.50. The fourth-order valence-electron chi connectivity index (χ4n) is 2.31. The first kappa shape index (κ1) is 11.6. The van der Waals surface area contributed by atoms with Crippen molar-refractivity contribution >= 4 is 17.0 Å². The third-order valence-electron chi connectivity index (χ3n) is 3.22. The maximum atomic E-state index is 5.92. The van der Waals surface area contributed by atoms with Crippen LogP contribution in [0.25, 0.3) is 0 Å². The molecule has 0 saturated carbocycles. The summed E-state index contributed by atoms with van der Waals surface area (Å²) in [5.41, 5.74) is 2.59. The van der Waals surface area contributed by atoms with E-state index in [1.165, 1.54) is 22.5 Å². The van der Waals surface area contributed by atoms with Gasteiger partial charge in [-0.1, -0.05) is 18.2 Å². The first-order valence-electron chi connectivity index (χ1n) is 6.44. The molecule has 0 unspecified atom stereocenters. The van der Waals surface area contributed by atoms with Crippen molar-refractivity contribution in [3.8, 4) is 5.75 Å². The van der Waals surface area contributed by atoms with Crippen LogP contribution in [0.2, 0.25) is 0 Å². The van der Waals surface area contributed by atoms with Gasteiger partial charge in [-0.3, -0.25) is 0 Å². The Hall–Kier alpha value is -1.48. The molecule has 0 fully saturated rings. The molecule has 1 N–H and O–H groups in total. The molecule has 0 aliphatic carbocycles. The molecule has 0 atom stereocenters. The molecule has 3 rings (SSSR count). The largest absolute Gasteiger partial charge is 0.491 e. The van der Waals surface area contributed by atoms with Crippen LogP contribution >= 0.6 is 11.3 Å². The first-order chi connectivity index (χ1) is 8.93. The van der Waals surface area contributed by atoms with Crippen LogP contribution in [0.5, 0.6) is 5.75 Å². The van der Waals surface area contributed by atoms with E-state index in [2.05, 4.69) is 41.0 Å². The number of anilines is 1. The van der Waals surface area contributed by atoms with Gasteiger partial charge in [0.15, 0.2) is 0 Å². The number of aryl methyl sites for hydroxylation is 1. The highest BCUT2D eigenvalue weighted by molar-refractivity contribution is 7.09. The highest BCUT2D eigenvalue weighted by atomic mass is 32.1. The van der Waals surface area contributed by atoms with Gasteiger partial charge in [0.25, 0.3) is 0 Å². The predicted octanol–water partition coefficient (Wildman–Crippen LogP) is 3.73. The lowest BCUT2D eigenvalue weighted by atomic mass is 10.0. The summed E-state index contributed by atoms with van der Waals surface area (Å²) in [6.07, 6.45) is 3.36. The zero-order chi connectivity index (χ0) is 12.2. The Morgan fingerprint density at radius 3 is 3.11 bits per heavy atom. The molecule has 0 bridgehead atoms. The first-order valence-corrected chi connectivity index (χ1v) is 7.32. The smallest absolute Gasteiger partial charge is 0.142 e. The normalized spacial score (nSPS) is 13.8. The van der Waals surface area contributed by atoms with E-state index in [4.69, 9.17) is 4.74 Å². The number of rotatable bonds is 4. The average Bonchev–Trinajstić information content (AvgIpc) is 2.92. The third kappa shape index (κ3) is 2.51. The number of benzene rings is 1. The summed E-state index contributed by atoms with van der Waals surface area (Å²) in [5.74, 6) is 1.00. The van der Waals surface area contributed by atoms with Crippen LogP contribution in [0.15, 0.2) is 35.7 Å². The number of ether oxygens (including phenoxy) is 1.